The minimum Gasteiger partial charge on any atom is -0.378 e. The van der Waals surface area contributed by atoms with Crippen molar-refractivity contribution in [3.63, 3.8) is 0 Å². The van der Waals surface area contributed by atoms with E-state index in [2.05, 4.69) is 35.9 Å². The molecular weight excluding hydrogens is 304 g/mol. The van der Waals surface area contributed by atoms with Crippen molar-refractivity contribution in [2.45, 2.75) is 6.61 Å². The fraction of sp³-hybridized carbons (Fsp3) is 0.200. The van der Waals surface area contributed by atoms with E-state index in [9.17, 15) is 0 Å². The van der Waals surface area contributed by atoms with Crippen molar-refractivity contribution in [3.05, 3.63) is 33.4 Å². The second-order valence-electron chi connectivity index (χ2n) is 3.21. The summed E-state index contributed by atoms with van der Waals surface area (Å²) in [5, 5.41) is 0. The Bertz CT molecular complexity index is 572. The number of methoxy groups -OCH3 is 1. The van der Waals surface area contributed by atoms with Gasteiger partial charge >= 0.3 is 0 Å². The van der Waals surface area contributed by atoms with Crippen LogP contribution in [0.15, 0.2) is 23.1 Å². The maximum absolute atomic E-state index is 5.17. The van der Waals surface area contributed by atoms with Crippen molar-refractivity contribution < 1.29 is 4.74 Å². The highest BCUT2D eigenvalue weighted by Gasteiger charge is 2.08. The molecule has 0 fully saturated rings. The summed E-state index contributed by atoms with van der Waals surface area (Å²) in [6.45, 7) is 0.421. The first-order valence-corrected chi connectivity index (χ1v) is 5.96. The predicted octanol–water partition coefficient (Wildman–Crippen LogP) is 2.51. The first kappa shape index (κ1) is 12.3. The number of H-pyrrole nitrogens is 1. The molecule has 0 radical (unpaired) electrons. The average Bonchev–Trinajstić information content (AvgIpc) is 2.36. The van der Waals surface area contributed by atoms with Crippen molar-refractivity contribution in [2.24, 2.45) is 0 Å². The summed E-state index contributed by atoms with van der Waals surface area (Å²) in [5.41, 5.74) is 1.53. The van der Waals surface area contributed by atoms with Gasteiger partial charge in [-0.25, -0.2) is 15.0 Å². The molecule has 0 saturated carbocycles. The van der Waals surface area contributed by atoms with Crippen LogP contribution < -0.4 is 0 Å². The third-order valence-electron chi connectivity index (χ3n) is 2.05. The van der Waals surface area contributed by atoms with Crippen LogP contribution in [-0.4, -0.2) is 27.0 Å². The molecule has 0 atom stereocenters. The zero-order valence-electron chi connectivity index (χ0n) is 8.98. The standard InChI is InChI=1S/C10H9BrN4OS/c1-16-4-7-8(11)10(17)15-9(14-7)6-2-3-12-5-13-6/h2-3,5H,4H2,1H3,(H,14,15,17). The number of aromatic amines is 1. The van der Waals surface area contributed by atoms with Crippen LogP contribution in [-0.2, 0) is 11.3 Å². The van der Waals surface area contributed by atoms with Gasteiger partial charge in [0.25, 0.3) is 0 Å². The average molecular weight is 313 g/mol. The Morgan fingerprint density at radius 3 is 3.00 bits per heavy atom. The number of rotatable bonds is 3. The summed E-state index contributed by atoms with van der Waals surface area (Å²) >= 11 is 8.54. The maximum atomic E-state index is 5.17. The number of ether oxygens (including phenoxy) is 1. The predicted molar refractivity (Wildman–Crippen MR) is 68.9 cm³/mol. The van der Waals surface area contributed by atoms with Gasteiger partial charge in [-0.3, -0.25) is 0 Å². The van der Waals surface area contributed by atoms with E-state index in [-0.39, 0.29) is 0 Å². The van der Waals surface area contributed by atoms with E-state index < -0.39 is 0 Å². The minimum absolute atomic E-state index is 0.421. The Morgan fingerprint density at radius 1 is 1.53 bits per heavy atom. The molecule has 17 heavy (non-hydrogen) atoms. The second kappa shape index (κ2) is 5.44. The normalized spacial score (nSPS) is 10.5. The molecule has 0 spiro atoms. The van der Waals surface area contributed by atoms with Crippen LogP contribution in [0, 0.1) is 4.64 Å². The molecule has 0 unspecified atom stereocenters. The quantitative estimate of drug-likeness (QED) is 0.882. The van der Waals surface area contributed by atoms with Gasteiger partial charge in [-0.15, -0.1) is 0 Å². The Kier molecular flexibility index (Phi) is 3.93. The van der Waals surface area contributed by atoms with E-state index in [0.717, 1.165) is 10.2 Å². The van der Waals surface area contributed by atoms with Gasteiger partial charge in [0.1, 0.15) is 16.7 Å². The van der Waals surface area contributed by atoms with Crippen molar-refractivity contribution in [2.75, 3.05) is 7.11 Å². The molecule has 0 aromatic carbocycles. The van der Waals surface area contributed by atoms with Gasteiger partial charge in [0.05, 0.1) is 16.8 Å². The molecular formula is C10H9BrN4OS. The van der Waals surface area contributed by atoms with Crippen molar-refractivity contribution in [1.29, 1.82) is 0 Å². The highest BCUT2D eigenvalue weighted by Crippen LogP contribution is 2.20. The lowest BCUT2D eigenvalue weighted by Crippen LogP contribution is -2.00. The van der Waals surface area contributed by atoms with E-state index >= 15 is 0 Å². The third-order valence-corrected chi connectivity index (χ3v) is 3.46. The smallest absolute Gasteiger partial charge is 0.158 e. The number of nitrogens with zero attached hydrogens (tertiary/aromatic N) is 3. The first-order chi connectivity index (χ1) is 8.22. The molecule has 0 aliphatic heterocycles. The lowest BCUT2D eigenvalue weighted by molar-refractivity contribution is 0.181. The molecule has 2 rings (SSSR count). The number of halogens is 1. The molecule has 1 N–H and O–H groups in total. The fourth-order valence-corrected chi connectivity index (χ4v) is 1.82. The number of hydrogen-bond donors (Lipinski definition) is 1. The van der Waals surface area contributed by atoms with Gasteiger partial charge in [0.15, 0.2) is 5.82 Å². The number of nitrogens with one attached hydrogen (secondary N) is 1. The summed E-state index contributed by atoms with van der Waals surface area (Å²) in [4.78, 5) is 15.4. The van der Waals surface area contributed by atoms with Crippen LogP contribution in [0.25, 0.3) is 11.5 Å². The SMILES string of the molecule is COCc1[nH]c(-c2ccncn2)nc(=S)c1Br. The Morgan fingerprint density at radius 2 is 2.35 bits per heavy atom. The highest BCUT2D eigenvalue weighted by molar-refractivity contribution is 9.10. The van der Waals surface area contributed by atoms with Crippen LogP contribution >= 0.6 is 28.1 Å². The van der Waals surface area contributed by atoms with Crippen molar-refractivity contribution in [3.8, 4) is 11.5 Å². The molecule has 88 valence electrons. The fourth-order valence-electron chi connectivity index (χ4n) is 1.30. The summed E-state index contributed by atoms with van der Waals surface area (Å²) in [6, 6.07) is 1.76. The van der Waals surface area contributed by atoms with Gasteiger partial charge in [-0.1, -0.05) is 12.2 Å². The molecule has 2 aromatic rings. The van der Waals surface area contributed by atoms with Crippen LogP contribution in [0.2, 0.25) is 0 Å². The van der Waals surface area contributed by atoms with Crippen molar-refractivity contribution >= 4 is 28.1 Å². The first-order valence-electron chi connectivity index (χ1n) is 4.76. The van der Waals surface area contributed by atoms with E-state index in [4.69, 9.17) is 17.0 Å². The minimum atomic E-state index is 0.421. The van der Waals surface area contributed by atoms with E-state index in [0.29, 0.717) is 22.8 Å². The van der Waals surface area contributed by atoms with Crippen LogP contribution in [0.1, 0.15) is 5.69 Å². The molecule has 0 saturated heterocycles. The zero-order valence-corrected chi connectivity index (χ0v) is 11.4. The van der Waals surface area contributed by atoms with Gasteiger partial charge in [-0.05, 0) is 22.0 Å². The van der Waals surface area contributed by atoms with Crippen LogP contribution in [0.4, 0.5) is 0 Å². The summed E-state index contributed by atoms with van der Waals surface area (Å²) in [5.74, 6) is 0.604. The van der Waals surface area contributed by atoms with Crippen molar-refractivity contribution in [1.82, 2.24) is 19.9 Å². The second-order valence-corrected chi connectivity index (χ2v) is 4.39. The van der Waals surface area contributed by atoms with E-state index in [1.54, 1.807) is 19.4 Å². The largest absolute Gasteiger partial charge is 0.378 e. The summed E-state index contributed by atoms with van der Waals surface area (Å²) in [6.07, 6.45) is 3.12. The number of hydrogen-bond acceptors (Lipinski definition) is 5. The maximum Gasteiger partial charge on any atom is 0.158 e. The van der Waals surface area contributed by atoms with E-state index in [1.807, 2.05) is 0 Å². The molecule has 2 heterocycles. The van der Waals surface area contributed by atoms with Crippen LogP contribution in [0.3, 0.4) is 0 Å². The van der Waals surface area contributed by atoms with E-state index in [1.165, 1.54) is 6.33 Å². The van der Waals surface area contributed by atoms with Gasteiger partial charge in [0, 0.05) is 13.3 Å². The Balaban J connectivity index is 2.53. The highest BCUT2D eigenvalue weighted by atomic mass is 79.9. The molecule has 0 aliphatic rings. The third kappa shape index (κ3) is 2.74. The molecule has 7 heteroatoms. The summed E-state index contributed by atoms with van der Waals surface area (Å²) < 4.78 is 6.31. The summed E-state index contributed by atoms with van der Waals surface area (Å²) in [7, 11) is 1.62. The molecule has 5 nitrogen and oxygen atoms in total. The molecule has 0 aliphatic carbocycles. The lowest BCUT2D eigenvalue weighted by Gasteiger charge is -2.06. The van der Waals surface area contributed by atoms with Crippen LogP contribution in [0.5, 0.6) is 0 Å². The van der Waals surface area contributed by atoms with Gasteiger partial charge in [0.2, 0.25) is 0 Å². The number of aromatic nitrogens is 4. The van der Waals surface area contributed by atoms with Gasteiger partial charge < -0.3 is 9.72 Å². The topological polar surface area (TPSA) is 63.7 Å². The zero-order chi connectivity index (χ0) is 12.3. The Hall–Kier alpha value is -1.18. The Labute approximate surface area is 111 Å². The molecule has 0 amide bonds. The lowest BCUT2D eigenvalue weighted by atomic mass is 10.3. The molecule has 2 aromatic heterocycles. The monoisotopic (exact) mass is 312 g/mol. The van der Waals surface area contributed by atoms with Gasteiger partial charge in [-0.2, -0.15) is 0 Å². The molecule has 0 bridgehead atoms.